The monoisotopic (exact) mass is 487 g/mol. The predicted octanol–water partition coefficient (Wildman–Crippen LogP) is 2.39. The number of piperazine rings is 1. The van der Waals surface area contributed by atoms with Gasteiger partial charge in [0, 0.05) is 36.8 Å². The normalized spacial score (nSPS) is 15.7. The molecule has 1 atom stereocenters. The van der Waals surface area contributed by atoms with Gasteiger partial charge >= 0.3 is 0 Å². The Labute approximate surface area is 209 Å². The largest absolute Gasteiger partial charge is 0.359 e. The van der Waals surface area contributed by atoms with E-state index < -0.39 is 17.7 Å². The van der Waals surface area contributed by atoms with Crippen LogP contribution in [-0.4, -0.2) is 89.5 Å². The standard InChI is InChI=1S/C27H29N5O4/c1-4-19-16-31(26(35)18-9-6-5-7-10-18)13-14-32(19)27(36)25(34)21-15-28-24-20(21)11-8-12-22(24)29-23(33)17-30(2)3/h4-12,15,19,28H,1,13-14,16-17H2,2-3H3,(H,29,33). The third-order valence-electron chi connectivity index (χ3n) is 6.15. The minimum atomic E-state index is -0.660. The maximum absolute atomic E-state index is 13.3. The molecule has 9 nitrogen and oxygen atoms in total. The van der Waals surface area contributed by atoms with E-state index in [4.69, 9.17) is 0 Å². The summed E-state index contributed by atoms with van der Waals surface area (Å²) in [6.45, 7) is 4.82. The number of nitrogens with one attached hydrogen (secondary N) is 2. The minimum absolute atomic E-state index is 0.124. The second-order valence-corrected chi connectivity index (χ2v) is 8.96. The minimum Gasteiger partial charge on any atom is -0.359 e. The van der Waals surface area contributed by atoms with Crippen LogP contribution >= 0.6 is 0 Å². The second-order valence-electron chi connectivity index (χ2n) is 8.96. The van der Waals surface area contributed by atoms with Crippen molar-refractivity contribution in [3.63, 3.8) is 0 Å². The first-order chi connectivity index (χ1) is 17.3. The van der Waals surface area contributed by atoms with Gasteiger partial charge in [0.2, 0.25) is 5.91 Å². The van der Waals surface area contributed by atoms with E-state index in [1.807, 2.05) is 6.07 Å². The zero-order valence-electron chi connectivity index (χ0n) is 20.4. The van der Waals surface area contributed by atoms with Crippen molar-refractivity contribution in [2.75, 3.05) is 45.6 Å². The summed E-state index contributed by atoms with van der Waals surface area (Å²) in [5.41, 5.74) is 1.90. The fourth-order valence-electron chi connectivity index (χ4n) is 4.38. The van der Waals surface area contributed by atoms with Crippen LogP contribution in [0, 0.1) is 0 Å². The summed E-state index contributed by atoms with van der Waals surface area (Å²) in [7, 11) is 3.59. The van der Waals surface area contributed by atoms with Crippen LogP contribution in [0.3, 0.4) is 0 Å². The lowest BCUT2D eigenvalue weighted by Gasteiger charge is -2.39. The fourth-order valence-corrected chi connectivity index (χ4v) is 4.38. The molecule has 186 valence electrons. The first-order valence-corrected chi connectivity index (χ1v) is 11.7. The van der Waals surface area contributed by atoms with Crippen molar-refractivity contribution in [3.8, 4) is 0 Å². The summed E-state index contributed by atoms with van der Waals surface area (Å²) in [6.07, 6.45) is 3.08. The molecule has 1 aliphatic rings. The Morgan fingerprint density at radius 1 is 1.08 bits per heavy atom. The third kappa shape index (κ3) is 5.06. The Hall–Kier alpha value is -4.24. The van der Waals surface area contributed by atoms with E-state index in [1.165, 1.54) is 11.1 Å². The number of likely N-dealkylation sites (N-methyl/N-ethyl adjacent to an activating group) is 1. The van der Waals surface area contributed by atoms with E-state index in [-0.39, 0.29) is 37.0 Å². The van der Waals surface area contributed by atoms with Crippen molar-refractivity contribution >= 4 is 40.1 Å². The third-order valence-corrected chi connectivity index (χ3v) is 6.15. The van der Waals surface area contributed by atoms with Gasteiger partial charge in [-0.05, 0) is 32.3 Å². The number of benzene rings is 2. The second kappa shape index (κ2) is 10.6. The number of nitrogens with zero attached hydrogens (tertiary/aromatic N) is 3. The van der Waals surface area contributed by atoms with Gasteiger partial charge in [-0.3, -0.25) is 19.2 Å². The van der Waals surface area contributed by atoms with Crippen LogP contribution in [-0.2, 0) is 9.59 Å². The average molecular weight is 488 g/mol. The van der Waals surface area contributed by atoms with Crippen molar-refractivity contribution in [3.05, 3.63) is 78.5 Å². The van der Waals surface area contributed by atoms with Gasteiger partial charge in [0.1, 0.15) is 0 Å². The van der Waals surface area contributed by atoms with Gasteiger partial charge in [0.05, 0.1) is 29.4 Å². The zero-order valence-corrected chi connectivity index (χ0v) is 20.4. The van der Waals surface area contributed by atoms with E-state index in [0.717, 1.165) is 0 Å². The van der Waals surface area contributed by atoms with Crippen LogP contribution in [0.25, 0.3) is 10.9 Å². The summed E-state index contributed by atoms with van der Waals surface area (Å²) in [5.74, 6) is -1.63. The van der Waals surface area contributed by atoms with E-state index in [0.29, 0.717) is 28.7 Å². The van der Waals surface area contributed by atoms with Crippen LogP contribution in [0.4, 0.5) is 5.69 Å². The van der Waals surface area contributed by atoms with Crippen LogP contribution in [0.15, 0.2) is 67.4 Å². The molecular formula is C27H29N5O4. The first kappa shape index (κ1) is 24.9. The van der Waals surface area contributed by atoms with Crippen LogP contribution < -0.4 is 5.32 Å². The molecule has 2 N–H and O–H groups in total. The molecule has 2 aromatic carbocycles. The SMILES string of the molecule is C=CC1CN(C(=O)c2ccccc2)CCN1C(=O)C(=O)c1c[nH]c2c(NC(=O)CN(C)C)cccc12. The van der Waals surface area contributed by atoms with Crippen molar-refractivity contribution in [2.45, 2.75) is 6.04 Å². The molecule has 3 amide bonds. The summed E-state index contributed by atoms with van der Waals surface area (Å²) >= 11 is 0. The Kier molecular flexibility index (Phi) is 7.30. The molecule has 1 saturated heterocycles. The number of carbonyl (C=O) groups excluding carboxylic acids is 4. The Bertz CT molecular complexity index is 1310. The molecule has 0 saturated carbocycles. The Morgan fingerprint density at radius 3 is 2.53 bits per heavy atom. The van der Waals surface area contributed by atoms with Crippen molar-refractivity contribution in [2.24, 2.45) is 0 Å². The van der Waals surface area contributed by atoms with Crippen LogP contribution in [0.2, 0.25) is 0 Å². The average Bonchev–Trinajstić information content (AvgIpc) is 3.32. The molecule has 1 fully saturated rings. The molecule has 36 heavy (non-hydrogen) atoms. The fraction of sp³-hybridized carbons (Fsp3) is 0.259. The zero-order chi connectivity index (χ0) is 25.8. The first-order valence-electron chi connectivity index (χ1n) is 11.7. The highest BCUT2D eigenvalue weighted by molar-refractivity contribution is 6.45. The summed E-state index contributed by atoms with van der Waals surface area (Å²) < 4.78 is 0. The van der Waals surface area contributed by atoms with Crippen LogP contribution in [0.5, 0.6) is 0 Å². The molecule has 1 aliphatic heterocycles. The van der Waals surface area contributed by atoms with Gasteiger partial charge in [-0.2, -0.15) is 0 Å². The molecule has 0 bridgehead atoms. The quantitative estimate of drug-likeness (QED) is 0.302. The molecule has 1 unspecified atom stereocenters. The molecule has 0 radical (unpaired) electrons. The maximum atomic E-state index is 13.3. The molecule has 4 rings (SSSR count). The maximum Gasteiger partial charge on any atom is 0.295 e. The summed E-state index contributed by atoms with van der Waals surface area (Å²) in [5, 5.41) is 3.38. The summed E-state index contributed by atoms with van der Waals surface area (Å²) in [4.78, 5) is 59.5. The van der Waals surface area contributed by atoms with Crippen molar-refractivity contribution < 1.29 is 19.2 Å². The number of ketones is 1. The Balaban J connectivity index is 1.51. The molecule has 1 aromatic heterocycles. The predicted molar refractivity (Wildman–Crippen MR) is 138 cm³/mol. The van der Waals surface area contributed by atoms with Gasteiger partial charge in [-0.15, -0.1) is 6.58 Å². The molecule has 0 aliphatic carbocycles. The highest BCUT2D eigenvalue weighted by Crippen LogP contribution is 2.27. The van der Waals surface area contributed by atoms with E-state index >= 15 is 0 Å². The smallest absolute Gasteiger partial charge is 0.295 e. The van der Waals surface area contributed by atoms with Gasteiger partial charge in [-0.1, -0.05) is 36.4 Å². The number of fused-ring (bicyclic) bond motifs is 1. The topological polar surface area (TPSA) is 106 Å². The number of anilines is 1. The number of hydrogen-bond donors (Lipinski definition) is 2. The number of aromatic amines is 1. The van der Waals surface area contributed by atoms with E-state index in [9.17, 15) is 19.2 Å². The molecule has 0 spiro atoms. The van der Waals surface area contributed by atoms with Crippen molar-refractivity contribution in [1.82, 2.24) is 19.7 Å². The van der Waals surface area contributed by atoms with E-state index in [1.54, 1.807) is 72.4 Å². The lowest BCUT2D eigenvalue weighted by molar-refractivity contribution is -0.129. The highest BCUT2D eigenvalue weighted by atomic mass is 16.2. The van der Waals surface area contributed by atoms with Gasteiger partial charge < -0.3 is 25.0 Å². The Morgan fingerprint density at radius 2 is 1.83 bits per heavy atom. The number of para-hydroxylation sites is 1. The number of carbonyl (C=O) groups is 4. The number of hydrogen-bond acceptors (Lipinski definition) is 5. The van der Waals surface area contributed by atoms with Gasteiger partial charge in [0.25, 0.3) is 17.6 Å². The number of aromatic nitrogens is 1. The lowest BCUT2D eigenvalue weighted by atomic mass is 10.0. The van der Waals surface area contributed by atoms with Gasteiger partial charge in [-0.25, -0.2) is 0 Å². The molecule has 2 heterocycles. The number of amides is 3. The van der Waals surface area contributed by atoms with Crippen molar-refractivity contribution in [1.29, 1.82) is 0 Å². The molecule has 9 heteroatoms. The number of H-pyrrole nitrogens is 1. The molecule has 3 aromatic rings. The highest BCUT2D eigenvalue weighted by Gasteiger charge is 2.35. The lowest BCUT2D eigenvalue weighted by Crippen LogP contribution is -2.57. The number of rotatable bonds is 7. The van der Waals surface area contributed by atoms with E-state index in [2.05, 4.69) is 16.9 Å². The number of Topliss-reactive ketones (excluding diaryl/α,β-unsaturated/α-hetero) is 1. The van der Waals surface area contributed by atoms with Gasteiger partial charge in [0.15, 0.2) is 0 Å². The van der Waals surface area contributed by atoms with Crippen LogP contribution in [0.1, 0.15) is 20.7 Å². The summed E-state index contributed by atoms with van der Waals surface area (Å²) in [6, 6.07) is 13.7. The molecular weight excluding hydrogens is 458 g/mol.